The number of rotatable bonds is 3. The van der Waals surface area contributed by atoms with E-state index in [1.54, 1.807) is 18.4 Å². The van der Waals surface area contributed by atoms with Gasteiger partial charge >= 0.3 is 0 Å². The summed E-state index contributed by atoms with van der Waals surface area (Å²) >= 11 is 0. The second kappa shape index (κ2) is 4.61. The van der Waals surface area contributed by atoms with Gasteiger partial charge in [-0.05, 0) is 30.3 Å². The van der Waals surface area contributed by atoms with Gasteiger partial charge in [-0.2, -0.15) is 4.98 Å². The maximum atomic E-state index is 5.65. The quantitative estimate of drug-likeness (QED) is 0.727. The van der Waals surface area contributed by atoms with Crippen LogP contribution in [0.25, 0.3) is 22.8 Å². The topological polar surface area (TPSA) is 78.1 Å². The fraction of sp³-hybridized carbons (Fsp3) is 0.143. The highest BCUT2D eigenvalue weighted by Gasteiger charge is 2.15. The van der Waals surface area contributed by atoms with Crippen LogP contribution in [-0.2, 0) is 6.42 Å². The predicted molar refractivity (Wildman–Crippen MR) is 71.2 cm³/mol. The van der Waals surface area contributed by atoms with E-state index in [4.69, 9.17) is 14.7 Å². The van der Waals surface area contributed by atoms with Crippen LogP contribution in [0.3, 0.4) is 0 Å². The third-order valence-electron chi connectivity index (χ3n) is 2.89. The van der Waals surface area contributed by atoms with Crippen molar-refractivity contribution in [3.8, 4) is 22.8 Å². The summed E-state index contributed by atoms with van der Waals surface area (Å²) < 4.78 is 10.6. The van der Waals surface area contributed by atoms with Crippen molar-refractivity contribution in [2.45, 2.75) is 13.3 Å². The Balaban J connectivity index is 1.97. The molecule has 0 aliphatic rings. The van der Waals surface area contributed by atoms with Gasteiger partial charge in [0, 0.05) is 17.7 Å². The zero-order chi connectivity index (χ0) is 13.2. The molecule has 2 aromatic heterocycles. The molecule has 0 aliphatic carbocycles. The largest absolute Gasteiger partial charge is 0.469 e. The lowest BCUT2D eigenvalue weighted by atomic mass is 10.2. The molecule has 2 N–H and O–H groups in total. The highest BCUT2D eigenvalue weighted by molar-refractivity contribution is 5.62. The van der Waals surface area contributed by atoms with Crippen molar-refractivity contribution in [1.29, 1.82) is 0 Å². The molecule has 0 unspecified atom stereocenters. The number of hydrogen-bond acceptors (Lipinski definition) is 5. The van der Waals surface area contributed by atoms with Gasteiger partial charge in [-0.3, -0.25) is 0 Å². The van der Waals surface area contributed by atoms with E-state index in [-0.39, 0.29) is 0 Å². The minimum atomic E-state index is 0.470. The number of aryl methyl sites for hydroxylation is 1. The molecule has 0 saturated carbocycles. The van der Waals surface area contributed by atoms with Crippen molar-refractivity contribution in [1.82, 2.24) is 10.1 Å². The Morgan fingerprint density at radius 2 is 1.95 bits per heavy atom. The van der Waals surface area contributed by atoms with Gasteiger partial charge < -0.3 is 14.7 Å². The molecular formula is C14H13N3O2. The van der Waals surface area contributed by atoms with Gasteiger partial charge in [0.05, 0.1) is 11.8 Å². The average molecular weight is 255 g/mol. The molecule has 3 rings (SSSR count). The number of anilines is 1. The Kier molecular flexibility index (Phi) is 2.79. The molecule has 0 saturated heterocycles. The molecule has 96 valence electrons. The van der Waals surface area contributed by atoms with Crippen LogP contribution in [0.2, 0.25) is 0 Å². The van der Waals surface area contributed by atoms with Gasteiger partial charge in [0.1, 0.15) is 5.76 Å². The molecule has 5 nitrogen and oxygen atoms in total. The first-order valence-electron chi connectivity index (χ1n) is 6.04. The Morgan fingerprint density at radius 3 is 2.68 bits per heavy atom. The molecule has 0 aliphatic heterocycles. The maximum absolute atomic E-state index is 5.65. The van der Waals surface area contributed by atoms with E-state index in [0.717, 1.165) is 23.3 Å². The highest BCUT2D eigenvalue weighted by atomic mass is 16.5. The molecule has 5 heteroatoms. The van der Waals surface area contributed by atoms with E-state index in [0.29, 0.717) is 17.4 Å². The molecule has 0 atom stereocenters. The van der Waals surface area contributed by atoms with Crippen LogP contribution in [0.1, 0.15) is 12.7 Å². The summed E-state index contributed by atoms with van der Waals surface area (Å²) in [6, 6.07) is 9.17. The van der Waals surface area contributed by atoms with Crippen molar-refractivity contribution in [2.24, 2.45) is 0 Å². The van der Waals surface area contributed by atoms with Crippen LogP contribution in [0.15, 0.2) is 45.5 Å². The molecule has 19 heavy (non-hydrogen) atoms. The van der Waals surface area contributed by atoms with Crippen LogP contribution >= 0.6 is 0 Å². The van der Waals surface area contributed by atoms with Gasteiger partial charge in [0.15, 0.2) is 0 Å². The van der Waals surface area contributed by atoms with Crippen molar-refractivity contribution in [2.75, 3.05) is 5.73 Å². The summed E-state index contributed by atoms with van der Waals surface area (Å²) in [6.45, 7) is 2.01. The van der Waals surface area contributed by atoms with Crippen molar-refractivity contribution >= 4 is 5.69 Å². The summed E-state index contributed by atoms with van der Waals surface area (Å²) in [6.07, 6.45) is 2.41. The van der Waals surface area contributed by atoms with E-state index < -0.39 is 0 Å². The standard InChI is InChI=1S/C14H13N3O2/c1-2-12-11(7-8-18-12)14-16-13(17-19-14)9-3-5-10(15)6-4-9/h3-8H,2,15H2,1H3. The minimum absolute atomic E-state index is 0.470. The fourth-order valence-electron chi connectivity index (χ4n) is 1.89. The lowest BCUT2D eigenvalue weighted by Gasteiger charge is -1.94. The molecule has 0 fully saturated rings. The molecule has 3 aromatic rings. The summed E-state index contributed by atoms with van der Waals surface area (Å²) in [5.74, 6) is 1.85. The molecule has 0 radical (unpaired) electrons. The number of nitrogens with zero attached hydrogens (tertiary/aromatic N) is 2. The van der Waals surface area contributed by atoms with Crippen molar-refractivity contribution in [3.63, 3.8) is 0 Å². The number of aromatic nitrogens is 2. The smallest absolute Gasteiger partial charge is 0.261 e. The van der Waals surface area contributed by atoms with E-state index >= 15 is 0 Å². The first-order chi connectivity index (χ1) is 9.28. The zero-order valence-corrected chi connectivity index (χ0v) is 10.5. The molecule has 0 bridgehead atoms. The van der Waals surface area contributed by atoms with Gasteiger partial charge in [-0.15, -0.1) is 0 Å². The zero-order valence-electron chi connectivity index (χ0n) is 10.5. The van der Waals surface area contributed by atoms with E-state index in [1.807, 2.05) is 25.1 Å². The van der Waals surface area contributed by atoms with Crippen LogP contribution in [-0.4, -0.2) is 10.1 Å². The molecule has 0 spiro atoms. The second-order valence-electron chi connectivity index (χ2n) is 4.16. The van der Waals surface area contributed by atoms with Gasteiger partial charge in [-0.1, -0.05) is 12.1 Å². The number of furan rings is 1. The van der Waals surface area contributed by atoms with Gasteiger partial charge in [-0.25, -0.2) is 0 Å². The van der Waals surface area contributed by atoms with Crippen LogP contribution in [0.4, 0.5) is 5.69 Å². The number of nitrogens with two attached hydrogens (primary N) is 1. The second-order valence-corrected chi connectivity index (χ2v) is 4.16. The van der Waals surface area contributed by atoms with Crippen LogP contribution < -0.4 is 5.73 Å². The molecule has 1 aromatic carbocycles. The first kappa shape index (κ1) is 11.5. The minimum Gasteiger partial charge on any atom is -0.469 e. The maximum Gasteiger partial charge on any atom is 0.261 e. The van der Waals surface area contributed by atoms with E-state index in [1.165, 1.54) is 0 Å². The lowest BCUT2D eigenvalue weighted by Crippen LogP contribution is -1.85. The van der Waals surface area contributed by atoms with E-state index in [9.17, 15) is 0 Å². The monoisotopic (exact) mass is 255 g/mol. The van der Waals surface area contributed by atoms with Gasteiger partial charge in [0.2, 0.25) is 5.82 Å². The third kappa shape index (κ3) is 2.10. The summed E-state index contributed by atoms with van der Waals surface area (Å²) in [5, 5.41) is 3.98. The summed E-state index contributed by atoms with van der Waals surface area (Å²) in [4.78, 5) is 4.38. The fourth-order valence-corrected chi connectivity index (χ4v) is 1.89. The molecule has 0 amide bonds. The Bertz CT molecular complexity index is 683. The molecular weight excluding hydrogens is 242 g/mol. The first-order valence-corrected chi connectivity index (χ1v) is 6.04. The molecule has 2 heterocycles. The van der Waals surface area contributed by atoms with E-state index in [2.05, 4.69) is 10.1 Å². The average Bonchev–Trinajstić information content (AvgIpc) is 3.07. The Labute approximate surface area is 110 Å². The van der Waals surface area contributed by atoms with Crippen LogP contribution in [0.5, 0.6) is 0 Å². The highest BCUT2D eigenvalue weighted by Crippen LogP contribution is 2.26. The number of hydrogen-bond donors (Lipinski definition) is 1. The summed E-state index contributed by atoms with van der Waals surface area (Å²) in [7, 11) is 0. The Morgan fingerprint density at radius 1 is 1.16 bits per heavy atom. The third-order valence-corrected chi connectivity index (χ3v) is 2.89. The normalized spacial score (nSPS) is 10.8. The van der Waals surface area contributed by atoms with Crippen molar-refractivity contribution in [3.05, 3.63) is 42.4 Å². The lowest BCUT2D eigenvalue weighted by molar-refractivity contribution is 0.430. The van der Waals surface area contributed by atoms with Crippen LogP contribution in [0, 0.1) is 0 Å². The summed E-state index contributed by atoms with van der Waals surface area (Å²) in [5.41, 5.74) is 8.06. The number of benzene rings is 1. The number of nitrogen functional groups attached to an aromatic ring is 1. The Hall–Kier alpha value is -2.56. The predicted octanol–water partition coefficient (Wildman–Crippen LogP) is 3.14. The van der Waals surface area contributed by atoms with Gasteiger partial charge in [0.25, 0.3) is 5.89 Å². The SMILES string of the molecule is CCc1occc1-c1nc(-c2ccc(N)cc2)no1. The van der Waals surface area contributed by atoms with Crippen molar-refractivity contribution < 1.29 is 8.94 Å².